The molecule has 0 spiro atoms. The minimum atomic E-state index is -2.96. The van der Waals surface area contributed by atoms with Crippen molar-refractivity contribution in [1.82, 2.24) is 9.55 Å². The maximum atomic E-state index is 14.9. The number of alkyl halides is 1. The standard InChI is InChI=1S/C15H22FN3O7/c1-6(2)8(17)13(23)25-5-15(16)10(21)9(20)12(26-15)19-4-7(3)11(22)18-14(19)24/h4,6,8-10,12,20-21H,5,17H2,1-3H3,(H,18,22,24)/t8-,9+,10-,12+,15+/m0/s1. The quantitative estimate of drug-likeness (QED) is 0.443. The van der Waals surface area contributed by atoms with E-state index < -0.39 is 54.2 Å². The monoisotopic (exact) mass is 375 g/mol. The average molecular weight is 375 g/mol. The van der Waals surface area contributed by atoms with Gasteiger partial charge in [0.2, 0.25) is 0 Å². The normalized spacial score (nSPS) is 29.8. The van der Waals surface area contributed by atoms with Crippen molar-refractivity contribution in [3.63, 3.8) is 0 Å². The van der Waals surface area contributed by atoms with E-state index in [1.54, 1.807) is 13.8 Å². The fraction of sp³-hybridized carbons (Fsp3) is 0.667. The van der Waals surface area contributed by atoms with Crippen molar-refractivity contribution in [3.8, 4) is 0 Å². The van der Waals surface area contributed by atoms with E-state index in [1.807, 2.05) is 4.98 Å². The number of esters is 1. The predicted molar refractivity (Wildman–Crippen MR) is 85.8 cm³/mol. The molecule has 1 saturated heterocycles. The van der Waals surface area contributed by atoms with Crippen molar-refractivity contribution in [1.29, 1.82) is 0 Å². The number of hydrogen-bond donors (Lipinski definition) is 4. The Hall–Kier alpha value is -2.08. The number of carbonyl (C=O) groups is 1. The Morgan fingerprint density at radius 3 is 2.69 bits per heavy atom. The molecular weight excluding hydrogens is 353 g/mol. The van der Waals surface area contributed by atoms with Gasteiger partial charge in [-0.3, -0.25) is 19.1 Å². The van der Waals surface area contributed by atoms with E-state index >= 15 is 0 Å². The molecule has 26 heavy (non-hydrogen) atoms. The van der Waals surface area contributed by atoms with E-state index in [0.29, 0.717) is 0 Å². The van der Waals surface area contributed by atoms with Crippen LogP contribution in [0.1, 0.15) is 25.6 Å². The van der Waals surface area contributed by atoms with Gasteiger partial charge in [0, 0.05) is 11.8 Å². The highest BCUT2D eigenvalue weighted by Crippen LogP contribution is 2.38. The number of nitrogens with zero attached hydrogens (tertiary/aromatic N) is 1. The number of aliphatic hydroxyl groups is 2. The molecule has 2 heterocycles. The molecule has 0 unspecified atom stereocenters. The highest BCUT2D eigenvalue weighted by molar-refractivity contribution is 5.75. The number of aliphatic hydroxyl groups excluding tert-OH is 2. The lowest BCUT2D eigenvalue weighted by Gasteiger charge is -2.24. The number of H-pyrrole nitrogens is 1. The number of aromatic nitrogens is 2. The molecule has 0 saturated carbocycles. The van der Waals surface area contributed by atoms with E-state index in [4.69, 9.17) is 15.2 Å². The predicted octanol–water partition coefficient (Wildman–Crippen LogP) is -1.71. The summed E-state index contributed by atoms with van der Waals surface area (Å²) in [7, 11) is 0. The zero-order valence-electron chi connectivity index (χ0n) is 14.5. The average Bonchev–Trinajstić information content (AvgIpc) is 2.80. The SMILES string of the molecule is Cc1cn([C@@H]2O[C@](F)(COC(=O)[C@@H](N)C(C)C)[C@@H](O)[C@H]2O)c(=O)[nH]c1=O. The lowest BCUT2D eigenvalue weighted by Crippen LogP contribution is -2.46. The van der Waals surface area contributed by atoms with Crippen molar-refractivity contribution in [2.75, 3.05) is 6.61 Å². The molecular formula is C15H22FN3O7. The first-order valence-electron chi connectivity index (χ1n) is 7.95. The van der Waals surface area contributed by atoms with Crippen LogP contribution in [0.2, 0.25) is 0 Å². The van der Waals surface area contributed by atoms with Gasteiger partial charge in [-0.15, -0.1) is 0 Å². The van der Waals surface area contributed by atoms with Gasteiger partial charge in [0.15, 0.2) is 12.8 Å². The molecule has 1 aromatic heterocycles. The summed E-state index contributed by atoms with van der Waals surface area (Å²) in [6, 6.07) is -0.998. The molecule has 2 rings (SSSR count). The Kier molecular flexibility index (Phi) is 5.66. The van der Waals surface area contributed by atoms with Gasteiger partial charge in [0.05, 0.1) is 0 Å². The number of nitrogens with two attached hydrogens (primary N) is 1. The Balaban J connectivity index is 2.21. The number of aryl methyl sites for hydroxylation is 1. The maximum absolute atomic E-state index is 14.9. The molecule has 5 atom stereocenters. The molecule has 0 aromatic carbocycles. The molecule has 1 fully saturated rings. The van der Waals surface area contributed by atoms with Crippen LogP contribution in [0, 0.1) is 12.8 Å². The van der Waals surface area contributed by atoms with Gasteiger partial charge in [-0.25, -0.2) is 9.18 Å². The molecule has 1 aliphatic heterocycles. The first kappa shape index (κ1) is 20.2. The van der Waals surface area contributed by atoms with E-state index in [1.165, 1.54) is 6.92 Å². The number of halogens is 1. The molecule has 10 nitrogen and oxygen atoms in total. The molecule has 146 valence electrons. The van der Waals surface area contributed by atoms with Crippen LogP contribution in [0.3, 0.4) is 0 Å². The third-order valence-corrected chi connectivity index (χ3v) is 4.20. The summed E-state index contributed by atoms with van der Waals surface area (Å²) in [5.74, 6) is -4.11. The lowest BCUT2D eigenvalue weighted by atomic mass is 10.1. The van der Waals surface area contributed by atoms with Crippen LogP contribution in [0.5, 0.6) is 0 Å². The summed E-state index contributed by atoms with van der Waals surface area (Å²) >= 11 is 0. The van der Waals surface area contributed by atoms with Crippen LogP contribution >= 0.6 is 0 Å². The Morgan fingerprint density at radius 1 is 1.50 bits per heavy atom. The second kappa shape index (κ2) is 7.27. The van der Waals surface area contributed by atoms with E-state index in [2.05, 4.69) is 0 Å². The first-order valence-corrected chi connectivity index (χ1v) is 7.95. The van der Waals surface area contributed by atoms with Crippen LogP contribution in [0.25, 0.3) is 0 Å². The molecule has 1 aromatic rings. The fourth-order valence-corrected chi connectivity index (χ4v) is 2.40. The zero-order chi connectivity index (χ0) is 19.8. The number of aromatic amines is 1. The van der Waals surface area contributed by atoms with Crippen LogP contribution in [-0.4, -0.2) is 56.4 Å². The molecule has 0 bridgehead atoms. The van der Waals surface area contributed by atoms with E-state index in [-0.39, 0.29) is 11.5 Å². The van der Waals surface area contributed by atoms with Crippen molar-refractivity contribution in [2.24, 2.45) is 11.7 Å². The van der Waals surface area contributed by atoms with Crippen molar-refractivity contribution < 1.29 is 28.9 Å². The van der Waals surface area contributed by atoms with Gasteiger partial charge in [-0.05, 0) is 12.8 Å². The molecule has 0 amide bonds. The summed E-state index contributed by atoms with van der Waals surface area (Å²) in [5, 5.41) is 20.0. The summed E-state index contributed by atoms with van der Waals surface area (Å²) < 4.78 is 25.4. The largest absolute Gasteiger partial charge is 0.458 e. The highest BCUT2D eigenvalue weighted by Gasteiger charge is 2.57. The lowest BCUT2D eigenvalue weighted by molar-refractivity contribution is -0.217. The number of nitrogens with one attached hydrogen (secondary N) is 1. The Morgan fingerprint density at radius 2 is 2.12 bits per heavy atom. The number of carbonyl (C=O) groups excluding carboxylic acids is 1. The van der Waals surface area contributed by atoms with Crippen molar-refractivity contribution in [2.45, 2.75) is 51.1 Å². The van der Waals surface area contributed by atoms with Crippen LogP contribution in [0.15, 0.2) is 15.8 Å². The van der Waals surface area contributed by atoms with Gasteiger partial charge >= 0.3 is 11.7 Å². The third kappa shape index (κ3) is 3.70. The number of rotatable bonds is 5. The van der Waals surface area contributed by atoms with Crippen LogP contribution in [0.4, 0.5) is 4.39 Å². The minimum Gasteiger partial charge on any atom is -0.458 e. The number of ether oxygens (including phenoxy) is 2. The van der Waals surface area contributed by atoms with Gasteiger partial charge in [-0.2, -0.15) is 0 Å². The fourth-order valence-electron chi connectivity index (χ4n) is 2.40. The summed E-state index contributed by atoms with van der Waals surface area (Å²) in [6.45, 7) is 3.70. The molecule has 5 N–H and O–H groups in total. The molecule has 0 aliphatic carbocycles. The van der Waals surface area contributed by atoms with E-state index in [0.717, 1.165) is 10.8 Å². The van der Waals surface area contributed by atoms with Crippen molar-refractivity contribution in [3.05, 3.63) is 32.6 Å². The Labute approximate surface area is 147 Å². The van der Waals surface area contributed by atoms with Gasteiger partial charge in [0.1, 0.15) is 18.2 Å². The molecule has 1 aliphatic rings. The smallest absolute Gasteiger partial charge is 0.330 e. The topological polar surface area (TPSA) is 157 Å². The second-order valence-corrected chi connectivity index (χ2v) is 6.59. The summed E-state index contributed by atoms with van der Waals surface area (Å²) in [5.41, 5.74) is 4.09. The first-order chi connectivity index (χ1) is 12.0. The summed E-state index contributed by atoms with van der Waals surface area (Å²) in [6.07, 6.45) is -4.51. The van der Waals surface area contributed by atoms with Gasteiger partial charge < -0.3 is 25.4 Å². The molecule has 11 heteroatoms. The van der Waals surface area contributed by atoms with Crippen LogP contribution in [-0.2, 0) is 14.3 Å². The molecule has 0 radical (unpaired) electrons. The third-order valence-electron chi connectivity index (χ3n) is 4.20. The second-order valence-electron chi connectivity index (χ2n) is 6.59. The van der Waals surface area contributed by atoms with Gasteiger partial charge in [0.25, 0.3) is 11.4 Å². The minimum absolute atomic E-state index is 0.112. The highest BCUT2D eigenvalue weighted by atomic mass is 19.2. The zero-order valence-corrected chi connectivity index (χ0v) is 14.5. The van der Waals surface area contributed by atoms with Gasteiger partial charge in [-0.1, -0.05) is 13.8 Å². The Bertz CT molecular complexity index is 792. The summed E-state index contributed by atoms with van der Waals surface area (Å²) in [4.78, 5) is 37.0. The number of hydrogen-bond acceptors (Lipinski definition) is 8. The van der Waals surface area contributed by atoms with Crippen molar-refractivity contribution >= 4 is 5.97 Å². The maximum Gasteiger partial charge on any atom is 0.330 e. The van der Waals surface area contributed by atoms with E-state index in [9.17, 15) is 29.0 Å². The van der Waals surface area contributed by atoms with Crippen LogP contribution < -0.4 is 17.0 Å².